The van der Waals surface area contributed by atoms with Crippen LogP contribution >= 0.6 is 0 Å². The molecular weight excluding hydrogens is 294 g/mol. The first kappa shape index (κ1) is 15.8. The Balaban J connectivity index is 1.92. The van der Waals surface area contributed by atoms with Gasteiger partial charge in [-0.15, -0.1) is 0 Å². The molecule has 124 valence electrons. The SMILES string of the molecule is COc1ccc(OC)c2c1CN(Cc1cnn(C)c1C)CC2O. The third-order valence-corrected chi connectivity index (χ3v) is 4.59. The Bertz CT molecular complexity index is 711. The number of benzene rings is 1. The summed E-state index contributed by atoms with van der Waals surface area (Å²) in [4.78, 5) is 2.21. The van der Waals surface area contributed by atoms with E-state index in [1.807, 2.05) is 30.1 Å². The van der Waals surface area contributed by atoms with Crippen LogP contribution in [0.4, 0.5) is 0 Å². The molecule has 2 aromatic rings. The van der Waals surface area contributed by atoms with Crippen molar-refractivity contribution in [3.63, 3.8) is 0 Å². The van der Waals surface area contributed by atoms with Crippen LogP contribution in [0.3, 0.4) is 0 Å². The Morgan fingerprint density at radius 2 is 1.96 bits per heavy atom. The predicted molar refractivity (Wildman–Crippen MR) is 86.6 cm³/mol. The molecule has 1 aromatic heterocycles. The summed E-state index contributed by atoms with van der Waals surface area (Å²) in [6, 6.07) is 3.74. The molecule has 6 nitrogen and oxygen atoms in total. The van der Waals surface area contributed by atoms with Gasteiger partial charge in [0.1, 0.15) is 11.5 Å². The van der Waals surface area contributed by atoms with E-state index in [0.29, 0.717) is 18.8 Å². The van der Waals surface area contributed by atoms with E-state index in [1.54, 1.807) is 14.2 Å². The number of aromatic nitrogens is 2. The zero-order valence-corrected chi connectivity index (χ0v) is 14.0. The average Bonchev–Trinajstić information content (AvgIpc) is 2.86. The van der Waals surface area contributed by atoms with Gasteiger partial charge in [-0.1, -0.05) is 0 Å². The second-order valence-electron chi connectivity index (χ2n) is 5.93. The molecule has 0 amide bonds. The van der Waals surface area contributed by atoms with Crippen LogP contribution in [0.15, 0.2) is 18.3 Å². The fourth-order valence-corrected chi connectivity index (χ4v) is 3.21. The van der Waals surface area contributed by atoms with Crippen LogP contribution in [0.2, 0.25) is 0 Å². The Kier molecular flexibility index (Phi) is 4.28. The van der Waals surface area contributed by atoms with Gasteiger partial charge in [0.25, 0.3) is 0 Å². The van der Waals surface area contributed by atoms with E-state index in [9.17, 15) is 5.11 Å². The maximum atomic E-state index is 10.6. The molecule has 23 heavy (non-hydrogen) atoms. The monoisotopic (exact) mass is 317 g/mol. The number of hydrogen-bond acceptors (Lipinski definition) is 5. The molecule has 2 heterocycles. The second-order valence-corrected chi connectivity index (χ2v) is 5.93. The number of aryl methyl sites for hydroxylation is 1. The summed E-state index contributed by atoms with van der Waals surface area (Å²) in [6.07, 6.45) is 1.29. The zero-order chi connectivity index (χ0) is 16.6. The third kappa shape index (κ3) is 2.80. The number of hydrogen-bond donors (Lipinski definition) is 1. The molecule has 0 spiro atoms. The number of ether oxygens (including phenoxy) is 2. The molecule has 1 unspecified atom stereocenters. The summed E-state index contributed by atoms with van der Waals surface area (Å²) in [6.45, 7) is 4.07. The predicted octanol–water partition coefficient (Wildman–Crippen LogP) is 1.79. The number of aliphatic hydroxyl groups is 1. The van der Waals surface area contributed by atoms with Gasteiger partial charge in [-0.25, -0.2) is 0 Å². The smallest absolute Gasteiger partial charge is 0.125 e. The quantitative estimate of drug-likeness (QED) is 0.932. The van der Waals surface area contributed by atoms with Gasteiger partial charge in [0.05, 0.1) is 26.5 Å². The summed E-state index contributed by atoms with van der Waals surface area (Å²) < 4.78 is 12.8. The summed E-state index contributed by atoms with van der Waals surface area (Å²) in [5.74, 6) is 1.50. The van der Waals surface area contributed by atoms with Crippen molar-refractivity contribution in [2.45, 2.75) is 26.1 Å². The van der Waals surface area contributed by atoms with Gasteiger partial charge in [0.15, 0.2) is 0 Å². The number of aliphatic hydroxyl groups excluding tert-OH is 1. The van der Waals surface area contributed by atoms with Gasteiger partial charge in [-0.05, 0) is 19.1 Å². The molecule has 1 aromatic carbocycles. The molecular formula is C17H23N3O3. The van der Waals surface area contributed by atoms with Crippen molar-refractivity contribution in [2.75, 3.05) is 20.8 Å². The lowest BCUT2D eigenvalue weighted by atomic mass is 9.95. The number of rotatable bonds is 4. The van der Waals surface area contributed by atoms with E-state index in [4.69, 9.17) is 9.47 Å². The second kappa shape index (κ2) is 6.22. The van der Waals surface area contributed by atoms with Crippen molar-refractivity contribution < 1.29 is 14.6 Å². The number of nitrogens with zero attached hydrogens (tertiary/aromatic N) is 3. The maximum absolute atomic E-state index is 10.6. The summed E-state index contributed by atoms with van der Waals surface area (Å²) >= 11 is 0. The van der Waals surface area contributed by atoms with Crippen molar-refractivity contribution in [1.82, 2.24) is 14.7 Å². The molecule has 0 fully saturated rings. The molecule has 0 aliphatic carbocycles. The Morgan fingerprint density at radius 3 is 2.57 bits per heavy atom. The highest BCUT2D eigenvalue weighted by Crippen LogP contribution is 2.39. The average molecular weight is 317 g/mol. The van der Waals surface area contributed by atoms with Crippen LogP contribution in [-0.2, 0) is 20.1 Å². The lowest BCUT2D eigenvalue weighted by molar-refractivity contribution is 0.0842. The van der Waals surface area contributed by atoms with Gasteiger partial charge in [-0.3, -0.25) is 9.58 Å². The normalized spacial score (nSPS) is 17.9. The summed E-state index contributed by atoms with van der Waals surface area (Å²) in [7, 11) is 5.21. The highest BCUT2D eigenvalue weighted by Gasteiger charge is 2.30. The topological polar surface area (TPSA) is 59.8 Å². The molecule has 0 radical (unpaired) electrons. The van der Waals surface area contributed by atoms with E-state index >= 15 is 0 Å². The molecule has 6 heteroatoms. The first-order valence-corrected chi connectivity index (χ1v) is 7.66. The maximum Gasteiger partial charge on any atom is 0.125 e. The molecule has 1 aliphatic rings. The van der Waals surface area contributed by atoms with Crippen LogP contribution in [-0.4, -0.2) is 40.6 Å². The largest absolute Gasteiger partial charge is 0.496 e. The fourth-order valence-electron chi connectivity index (χ4n) is 3.21. The first-order valence-electron chi connectivity index (χ1n) is 7.66. The molecule has 1 N–H and O–H groups in total. The number of fused-ring (bicyclic) bond motifs is 1. The lowest BCUT2D eigenvalue weighted by Gasteiger charge is -2.33. The molecule has 0 saturated heterocycles. The first-order chi connectivity index (χ1) is 11.0. The van der Waals surface area contributed by atoms with E-state index in [-0.39, 0.29) is 0 Å². The van der Waals surface area contributed by atoms with Crippen molar-refractivity contribution >= 4 is 0 Å². The van der Waals surface area contributed by atoms with E-state index in [0.717, 1.165) is 29.1 Å². The highest BCUT2D eigenvalue weighted by atomic mass is 16.5. The van der Waals surface area contributed by atoms with E-state index in [2.05, 4.69) is 16.9 Å². The van der Waals surface area contributed by atoms with Gasteiger partial charge in [-0.2, -0.15) is 5.10 Å². The minimum atomic E-state index is -0.597. The van der Waals surface area contributed by atoms with Crippen molar-refractivity contribution in [1.29, 1.82) is 0 Å². The van der Waals surface area contributed by atoms with Gasteiger partial charge in [0, 0.05) is 49.1 Å². The van der Waals surface area contributed by atoms with E-state index in [1.165, 1.54) is 5.56 Å². The minimum Gasteiger partial charge on any atom is -0.496 e. The molecule has 0 saturated carbocycles. The standard InChI is InChI=1S/C17H23N3O3/c1-11-12(7-18-19(11)2)8-20-9-13-15(22-3)5-6-16(23-4)17(13)14(21)10-20/h5-7,14,21H,8-10H2,1-4H3. The van der Waals surface area contributed by atoms with Crippen LogP contribution in [0.25, 0.3) is 0 Å². The van der Waals surface area contributed by atoms with Crippen LogP contribution in [0.1, 0.15) is 28.5 Å². The Morgan fingerprint density at radius 1 is 1.26 bits per heavy atom. The molecule has 0 bridgehead atoms. The van der Waals surface area contributed by atoms with Crippen molar-refractivity contribution in [3.8, 4) is 11.5 Å². The fraction of sp³-hybridized carbons (Fsp3) is 0.471. The van der Waals surface area contributed by atoms with Crippen molar-refractivity contribution in [3.05, 3.63) is 40.7 Å². The Labute approximate surface area is 136 Å². The van der Waals surface area contributed by atoms with Crippen LogP contribution < -0.4 is 9.47 Å². The molecule has 1 aliphatic heterocycles. The minimum absolute atomic E-state index is 0.560. The molecule has 1 atom stereocenters. The Hall–Kier alpha value is -2.05. The highest BCUT2D eigenvalue weighted by molar-refractivity contribution is 5.51. The van der Waals surface area contributed by atoms with Gasteiger partial charge < -0.3 is 14.6 Å². The summed E-state index contributed by atoms with van der Waals surface area (Å²) in [5, 5.41) is 14.9. The summed E-state index contributed by atoms with van der Waals surface area (Å²) in [5.41, 5.74) is 4.14. The lowest BCUT2D eigenvalue weighted by Crippen LogP contribution is -2.33. The number of β-amino-alcohol motifs (C(OH)–C–C–N with tert-alkyl or cyclic N) is 1. The molecule has 3 rings (SSSR count). The van der Waals surface area contributed by atoms with E-state index < -0.39 is 6.10 Å². The van der Waals surface area contributed by atoms with Crippen LogP contribution in [0.5, 0.6) is 11.5 Å². The third-order valence-electron chi connectivity index (χ3n) is 4.59. The van der Waals surface area contributed by atoms with Gasteiger partial charge in [0.2, 0.25) is 0 Å². The van der Waals surface area contributed by atoms with Crippen LogP contribution in [0, 0.1) is 6.92 Å². The van der Waals surface area contributed by atoms with Gasteiger partial charge >= 0.3 is 0 Å². The number of methoxy groups -OCH3 is 2. The zero-order valence-electron chi connectivity index (χ0n) is 14.0. The van der Waals surface area contributed by atoms with Crippen molar-refractivity contribution in [2.24, 2.45) is 7.05 Å².